The maximum absolute atomic E-state index is 14.5. The van der Waals surface area contributed by atoms with Gasteiger partial charge < -0.3 is 4.90 Å². The van der Waals surface area contributed by atoms with Crippen LogP contribution in [0.25, 0.3) is 22.2 Å². The molecule has 0 saturated heterocycles. The van der Waals surface area contributed by atoms with Crippen molar-refractivity contribution in [3.8, 4) is 11.3 Å². The zero-order valence-corrected chi connectivity index (χ0v) is 15.7. The van der Waals surface area contributed by atoms with E-state index in [1.807, 2.05) is 13.8 Å². The highest BCUT2D eigenvalue weighted by atomic mass is 19.1. The van der Waals surface area contributed by atoms with Crippen LogP contribution >= 0.6 is 0 Å². The molecule has 0 saturated carbocycles. The minimum atomic E-state index is -0.664. The fraction of sp³-hybridized carbons (Fsp3) is 0.250. The van der Waals surface area contributed by atoms with E-state index in [1.165, 1.54) is 4.90 Å². The standard InChI is InChI=1S/C20H19FN4O3/c1-4-12(2)24(3)20(26)19-22-17-8-6-5-7-14(17)18(23-19)15-11-13(25(27)28)9-10-16(15)21/h5-12H,4H2,1-3H3/t12-/m1/s1/i3-1. The summed E-state index contributed by atoms with van der Waals surface area (Å²) in [6.45, 7) is 3.86. The Morgan fingerprint density at radius 3 is 2.64 bits per heavy atom. The fourth-order valence-electron chi connectivity index (χ4n) is 2.82. The molecule has 1 heterocycles. The molecule has 0 aliphatic heterocycles. The summed E-state index contributed by atoms with van der Waals surface area (Å²) in [5.74, 6) is -1.14. The summed E-state index contributed by atoms with van der Waals surface area (Å²) in [6.07, 6.45) is 0.752. The molecule has 28 heavy (non-hydrogen) atoms. The monoisotopic (exact) mass is 381 g/mol. The predicted molar refractivity (Wildman–Crippen MR) is 103 cm³/mol. The van der Waals surface area contributed by atoms with Gasteiger partial charge in [-0.2, -0.15) is 0 Å². The molecule has 2 aromatic carbocycles. The molecular formula is C20H19FN4O3. The lowest BCUT2D eigenvalue weighted by atomic mass is 10.0. The third kappa shape index (κ3) is 3.53. The molecule has 0 fully saturated rings. The van der Waals surface area contributed by atoms with Gasteiger partial charge in [-0.15, -0.1) is 0 Å². The van der Waals surface area contributed by atoms with Crippen molar-refractivity contribution in [3.05, 3.63) is 64.2 Å². The number of nitro benzene ring substituents is 1. The molecule has 0 radical (unpaired) electrons. The van der Waals surface area contributed by atoms with Crippen molar-refractivity contribution in [1.82, 2.24) is 14.9 Å². The van der Waals surface area contributed by atoms with Gasteiger partial charge in [0.15, 0.2) is 0 Å². The second kappa shape index (κ2) is 7.67. The Bertz CT molecular complexity index is 1070. The summed E-state index contributed by atoms with van der Waals surface area (Å²) in [5.41, 5.74) is 0.295. The van der Waals surface area contributed by atoms with Crippen LogP contribution in [-0.2, 0) is 0 Å². The molecular weight excluding hydrogens is 362 g/mol. The molecule has 1 atom stereocenters. The van der Waals surface area contributed by atoms with Gasteiger partial charge in [0, 0.05) is 36.2 Å². The highest BCUT2D eigenvalue weighted by Gasteiger charge is 2.23. The third-order valence-electron chi connectivity index (χ3n) is 4.78. The van der Waals surface area contributed by atoms with E-state index in [0.29, 0.717) is 10.9 Å². The maximum Gasteiger partial charge on any atom is 0.291 e. The number of para-hydroxylation sites is 1. The number of nitro groups is 1. The first-order valence-electron chi connectivity index (χ1n) is 8.81. The second-order valence-corrected chi connectivity index (χ2v) is 6.51. The first-order chi connectivity index (χ1) is 13.3. The topological polar surface area (TPSA) is 89.2 Å². The van der Waals surface area contributed by atoms with E-state index in [-0.39, 0.29) is 28.8 Å². The quantitative estimate of drug-likeness (QED) is 0.488. The summed E-state index contributed by atoms with van der Waals surface area (Å²) in [6, 6.07) is 10.1. The zero-order valence-electron chi connectivity index (χ0n) is 15.7. The van der Waals surface area contributed by atoms with Gasteiger partial charge in [-0.05, 0) is 25.5 Å². The SMILES string of the molecule is CC[C@@H](C)N([11CH3])C(=O)c1nc(-c2cc([N+](=O)[O-])ccc2F)c2ccccc2n1. The van der Waals surface area contributed by atoms with Gasteiger partial charge in [-0.1, -0.05) is 25.1 Å². The van der Waals surface area contributed by atoms with E-state index in [4.69, 9.17) is 0 Å². The number of aromatic nitrogens is 2. The number of carbonyl (C=O) groups excluding carboxylic acids is 1. The highest BCUT2D eigenvalue weighted by molar-refractivity contribution is 5.98. The Kier molecular flexibility index (Phi) is 5.30. The Hall–Kier alpha value is -3.42. The van der Waals surface area contributed by atoms with Gasteiger partial charge in [-0.3, -0.25) is 14.9 Å². The Morgan fingerprint density at radius 2 is 1.96 bits per heavy atom. The Morgan fingerprint density at radius 1 is 1.25 bits per heavy atom. The van der Waals surface area contributed by atoms with Crippen molar-refractivity contribution < 1.29 is 14.1 Å². The van der Waals surface area contributed by atoms with Crippen LogP contribution in [0.3, 0.4) is 0 Å². The molecule has 0 aliphatic rings. The molecule has 144 valence electrons. The molecule has 0 unspecified atom stereocenters. The van der Waals surface area contributed by atoms with Gasteiger partial charge in [-0.25, -0.2) is 14.4 Å². The Labute approximate surface area is 161 Å². The lowest BCUT2D eigenvalue weighted by molar-refractivity contribution is -0.384. The lowest BCUT2D eigenvalue weighted by Crippen LogP contribution is -2.35. The van der Waals surface area contributed by atoms with E-state index < -0.39 is 16.6 Å². The fourth-order valence-corrected chi connectivity index (χ4v) is 2.82. The van der Waals surface area contributed by atoms with Crippen LogP contribution in [0, 0.1) is 15.9 Å². The summed E-state index contributed by atoms with van der Waals surface area (Å²) < 4.78 is 14.5. The van der Waals surface area contributed by atoms with E-state index in [1.54, 1.807) is 31.3 Å². The summed E-state index contributed by atoms with van der Waals surface area (Å²) in [5, 5.41) is 11.6. The van der Waals surface area contributed by atoms with Crippen LogP contribution in [0.1, 0.15) is 30.9 Å². The number of hydrogen-bond donors (Lipinski definition) is 0. The van der Waals surface area contributed by atoms with Crippen molar-refractivity contribution in [3.63, 3.8) is 0 Å². The van der Waals surface area contributed by atoms with E-state index >= 15 is 0 Å². The smallest absolute Gasteiger partial charge is 0.291 e. The lowest BCUT2D eigenvalue weighted by Gasteiger charge is -2.23. The molecule has 7 nitrogen and oxygen atoms in total. The van der Waals surface area contributed by atoms with Gasteiger partial charge >= 0.3 is 0 Å². The summed E-state index contributed by atoms with van der Waals surface area (Å²) in [4.78, 5) is 33.5. The number of benzene rings is 2. The third-order valence-corrected chi connectivity index (χ3v) is 4.78. The van der Waals surface area contributed by atoms with Crippen LogP contribution in [0.2, 0.25) is 0 Å². The van der Waals surface area contributed by atoms with Gasteiger partial charge in [0.1, 0.15) is 5.82 Å². The van der Waals surface area contributed by atoms with Crippen LogP contribution < -0.4 is 0 Å². The molecule has 3 rings (SSSR count). The van der Waals surface area contributed by atoms with Crippen LogP contribution in [0.4, 0.5) is 10.1 Å². The average Bonchev–Trinajstić information content (AvgIpc) is 2.71. The molecule has 0 N–H and O–H groups in total. The maximum atomic E-state index is 14.5. The number of hydrogen-bond acceptors (Lipinski definition) is 5. The van der Waals surface area contributed by atoms with Gasteiger partial charge in [0.25, 0.3) is 11.6 Å². The molecule has 3 aromatic rings. The Balaban J connectivity index is 2.24. The number of rotatable bonds is 5. The minimum absolute atomic E-state index is 0.0273. The number of carbonyl (C=O) groups is 1. The zero-order chi connectivity index (χ0) is 20.4. The largest absolute Gasteiger partial charge is 0.336 e. The predicted octanol–water partition coefficient (Wildman–Crippen LogP) is 4.21. The summed E-state index contributed by atoms with van der Waals surface area (Å²) >= 11 is 0. The van der Waals surface area contributed by atoms with Crippen LogP contribution in [0.5, 0.6) is 0 Å². The molecule has 8 heteroatoms. The van der Waals surface area contributed by atoms with Crippen molar-refractivity contribution >= 4 is 22.5 Å². The molecule has 1 aromatic heterocycles. The van der Waals surface area contributed by atoms with E-state index in [0.717, 1.165) is 24.6 Å². The molecule has 1 amide bonds. The molecule has 0 aliphatic carbocycles. The second-order valence-electron chi connectivity index (χ2n) is 6.51. The van der Waals surface area contributed by atoms with Crippen molar-refractivity contribution in [1.29, 1.82) is 0 Å². The normalized spacial score (nSPS) is 12.0. The van der Waals surface area contributed by atoms with Crippen molar-refractivity contribution in [2.24, 2.45) is 0 Å². The molecule has 0 spiro atoms. The first-order valence-corrected chi connectivity index (χ1v) is 8.81. The van der Waals surface area contributed by atoms with Crippen molar-refractivity contribution in [2.45, 2.75) is 26.3 Å². The van der Waals surface area contributed by atoms with Crippen LogP contribution in [0.15, 0.2) is 42.5 Å². The number of amides is 1. The van der Waals surface area contributed by atoms with Crippen LogP contribution in [-0.4, -0.2) is 38.8 Å². The van der Waals surface area contributed by atoms with E-state index in [2.05, 4.69) is 9.97 Å². The number of halogens is 1. The van der Waals surface area contributed by atoms with Crippen molar-refractivity contribution in [2.75, 3.05) is 7.05 Å². The summed E-state index contributed by atoms with van der Waals surface area (Å²) in [7, 11) is 1.66. The van der Waals surface area contributed by atoms with Gasteiger partial charge in [0.2, 0.25) is 5.82 Å². The van der Waals surface area contributed by atoms with E-state index in [9.17, 15) is 19.3 Å². The van der Waals surface area contributed by atoms with Gasteiger partial charge in [0.05, 0.1) is 16.1 Å². The minimum Gasteiger partial charge on any atom is -0.336 e. The number of non-ortho nitro benzene ring substituents is 1. The number of nitrogens with zero attached hydrogens (tertiary/aromatic N) is 4. The molecule has 0 bridgehead atoms. The first kappa shape index (κ1) is 19.3. The number of fused-ring (bicyclic) bond motifs is 1. The highest BCUT2D eigenvalue weighted by Crippen LogP contribution is 2.31. The average molecular weight is 381 g/mol.